The Balaban J connectivity index is 1.51. The summed E-state index contributed by atoms with van der Waals surface area (Å²) in [6.45, 7) is -0.532. The van der Waals surface area contributed by atoms with E-state index in [1.807, 2.05) is 6.07 Å². The van der Waals surface area contributed by atoms with Crippen molar-refractivity contribution in [1.82, 2.24) is 19.2 Å². The van der Waals surface area contributed by atoms with Gasteiger partial charge in [-0.2, -0.15) is 13.2 Å². The Kier molecular flexibility index (Phi) is 5.44. The van der Waals surface area contributed by atoms with E-state index in [0.29, 0.717) is 16.8 Å². The number of carbonyl (C=O) groups is 1. The highest BCUT2D eigenvalue weighted by atomic mass is 19.4. The van der Waals surface area contributed by atoms with E-state index in [0.717, 1.165) is 16.8 Å². The smallest absolute Gasteiger partial charge is 0.416 e. The van der Waals surface area contributed by atoms with Crippen molar-refractivity contribution >= 4 is 28.3 Å². The topological polar surface area (TPSA) is 90.5 Å². The van der Waals surface area contributed by atoms with Crippen LogP contribution in [0.15, 0.2) is 83.7 Å². The average Bonchev–Trinajstić information content (AvgIpc) is 3.16. The van der Waals surface area contributed by atoms with Gasteiger partial charge in [0.25, 0.3) is 5.88 Å². The van der Waals surface area contributed by atoms with Gasteiger partial charge in [0.15, 0.2) is 0 Å². The first kappa shape index (κ1) is 22.1. The highest BCUT2D eigenvalue weighted by Crippen LogP contribution is 2.30. The highest BCUT2D eigenvalue weighted by Gasteiger charge is 2.30. The van der Waals surface area contributed by atoms with Crippen LogP contribution in [0, 0.1) is 0 Å². The van der Waals surface area contributed by atoms with Crippen LogP contribution < -0.4 is 15.7 Å². The zero-order valence-corrected chi connectivity index (χ0v) is 17.9. The van der Waals surface area contributed by atoms with Crippen LogP contribution in [0.1, 0.15) is 5.56 Å². The molecule has 3 aromatic carbocycles. The molecule has 176 valence electrons. The molecule has 0 fully saturated rings. The maximum atomic E-state index is 13.2. The predicted octanol–water partition coefficient (Wildman–Crippen LogP) is 4.49. The average molecular weight is 479 g/mol. The summed E-state index contributed by atoms with van der Waals surface area (Å²) in [7, 11) is 0. The molecule has 11 heteroatoms. The van der Waals surface area contributed by atoms with Gasteiger partial charge in [-0.3, -0.25) is 4.79 Å². The lowest BCUT2D eigenvalue weighted by molar-refractivity contribution is -0.137. The van der Waals surface area contributed by atoms with Gasteiger partial charge in [0.05, 0.1) is 16.6 Å². The monoisotopic (exact) mass is 479 g/mol. The van der Waals surface area contributed by atoms with Gasteiger partial charge < -0.3 is 10.1 Å². The number of rotatable bonds is 5. The Bertz CT molecular complexity index is 1610. The van der Waals surface area contributed by atoms with Gasteiger partial charge in [-0.05, 0) is 42.5 Å². The molecule has 0 atom stereocenters. The fourth-order valence-corrected chi connectivity index (χ4v) is 3.55. The van der Waals surface area contributed by atoms with Gasteiger partial charge in [0, 0.05) is 5.69 Å². The number of aromatic nitrogens is 4. The molecule has 0 aliphatic heterocycles. The molecule has 0 saturated carbocycles. The third kappa shape index (κ3) is 4.43. The van der Waals surface area contributed by atoms with Crippen LogP contribution in [0.3, 0.4) is 0 Å². The summed E-state index contributed by atoms with van der Waals surface area (Å²) in [5.41, 5.74) is -0.569. The molecule has 2 heterocycles. The van der Waals surface area contributed by atoms with Crippen molar-refractivity contribution in [1.29, 1.82) is 0 Å². The molecule has 5 rings (SSSR count). The number of amides is 1. The second-order valence-corrected chi connectivity index (χ2v) is 7.55. The number of hydrogen-bond donors (Lipinski definition) is 1. The summed E-state index contributed by atoms with van der Waals surface area (Å²) in [6, 6.07) is 19.9. The molecule has 0 spiro atoms. The second kappa shape index (κ2) is 8.60. The van der Waals surface area contributed by atoms with Crippen molar-refractivity contribution in [3.05, 3.63) is 94.9 Å². The molecule has 0 unspecified atom stereocenters. The molecule has 35 heavy (non-hydrogen) atoms. The Morgan fingerprint density at radius 1 is 0.971 bits per heavy atom. The maximum Gasteiger partial charge on any atom is 0.416 e. The first-order valence-corrected chi connectivity index (χ1v) is 10.4. The van der Waals surface area contributed by atoms with E-state index < -0.39 is 29.9 Å². The number of para-hydroxylation sites is 3. The minimum atomic E-state index is -4.55. The summed E-state index contributed by atoms with van der Waals surface area (Å²) in [5, 5.41) is 6.61. The first-order chi connectivity index (χ1) is 16.8. The highest BCUT2D eigenvalue weighted by molar-refractivity contribution is 5.90. The summed E-state index contributed by atoms with van der Waals surface area (Å²) < 4.78 is 46.9. The van der Waals surface area contributed by atoms with Gasteiger partial charge >= 0.3 is 11.9 Å². The molecular weight excluding hydrogens is 463 g/mol. The van der Waals surface area contributed by atoms with Crippen LogP contribution in [-0.2, 0) is 17.5 Å². The van der Waals surface area contributed by atoms with Crippen molar-refractivity contribution in [2.45, 2.75) is 12.7 Å². The molecule has 0 radical (unpaired) electrons. The van der Waals surface area contributed by atoms with Gasteiger partial charge in [-0.15, -0.1) is 5.10 Å². The van der Waals surface area contributed by atoms with E-state index in [9.17, 15) is 22.8 Å². The van der Waals surface area contributed by atoms with E-state index in [-0.39, 0.29) is 17.2 Å². The van der Waals surface area contributed by atoms with Gasteiger partial charge in [-0.1, -0.05) is 36.4 Å². The van der Waals surface area contributed by atoms with E-state index >= 15 is 0 Å². The van der Waals surface area contributed by atoms with Crippen molar-refractivity contribution in [3.8, 4) is 11.6 Å². The lowest BCUT2D eigenvalue weighted by Crippen LogP contribution is -2.28. The fraction of sp³-hybridized carbons (Fsp3) is 0.0833. The Morgan fingerprint density at radius 3 is 2.49 bits per heavy atom. The van der Waals surface area contributed by atoms with E-state index in [1.165, 1.54) is 16.5 Å². The number of nitrogens with zero attached hydrogens (tertiary/aromatic N) is 4. The Labute approximate surface area is 195 Å². The molecule has 5 aromatic rings. The zero-order valence-electron chi connectivity index (χ0n) is 17.9. The van der Waals surface area contributed by atoms with Gasteiger partial charge in [-0.25, -0.2) is 18.9 Å². The van der Waals surface area contributed by atoms with Crippen LogP contribution in [0.4, 0.5) is 18.9 Å². The Morgan fingerprint density at radius 2 is 1.71 bits per heavy atom. The molecule has 8 nitrogen and oxygen atoms in total. The van der Waals surface area contributed by atoms with Crippen LogP contribution in [0.25, 0.3) is 16.7 Å². The predicted molar refractivity (Wildman–Crippen MR) is 121 cm³/mol. The largest absolute Gasteiger partial charge is 0.436 e. The van der Waals surface area contributed by atoms with Crippen molar-refractivity contribution in [2.24, 2.45) is 0 Å². The Hall–Kier alpha value is -4.67. The first-order valence-electron chi connectivity index (χ1n) is 10.4. The number of carbonyl (C=O) groups excluding carboxylic acids is 1. The second-order valence-electron chi connectivity index (χ2n) is 7.55. The molecule has 0 bridgehead atoms. The summed E-state index contributed by atoms with van der Waals surface area (Å²) in [6.07, 6.45) is -4.55. The SMILES string of the molecule is O=C(Cn1nc2c(Oc3ccccc3)nc3ccccc3n2c1=O)Nc1cccc(C(F)(F)F)c1. The van der Waals surface area contributed by atoms with E-state index in [4.69, 9.17) is 4.74 Å². The molecule has 0 saturated heterocycles. The zero-order chi connectivity index (χ0) is 24.6. The van der Waals surface area contributed by atoms with Gasteiger partial charge in [0.1, 0.15) is 12.3 Å². The van der Waals surface area contributed by atoms with Crippen molar-refractivity contribution in [3.63, 3.8) is 0 Å². The number of anilines is 1. The van der Waals surface area contributed by atoms with Crippen LogP contribution in [0.5, 0.6) is 11.6 Å². The number of ether oxygens (including phenoxy) is 1. The van der Waals surface area contributed by atoms with Crippen molar-refractivity contribution < 1.29 is 22.7 Å². The summed E-state index contributed by atoms with van der Waals surface area (Å²) in [5.74, 6) is -0.192. The number of benzene rings is 3. The quantitative estimate of drug-likeness (QED) is 0.401. The molecule has 0 aliphatic carbocycles. The van der Waals surface area contributed by atoms with Crippen LogP contribution in [-0.4, -0.2) is 25.1 Å². The van der Waals surface area contributed by atoms with Crippen molar-refractivity contribution in [2.75, 3.05) is 5.32 Å². The molecule has 1 N–H and O–H groups in total. The van der Waals surface area contributed by atoms with Crippen LogP contribution in [0.2, 0.25) is 0 Å². The minimum absolute atomic E-state index is 0.0538. The van der Waals surface area contributed by atoms with E-state index in [2.05, 4.69) is 15.4 Å². The molecule has 0 aliphatic rings. The molecular formula is C24H16F3N5O3. The third-order valence-corrected chi connectivity index (χ3v) is 5.10. The van der Waals surface area contributed by atoms with E-state index in [1.54, 1.807) is 48.5 Å². The lowest BCUT2D eigenvalue weighted by atomic mass is 10.2. The molecule has 2 aromatic heterocycles. The summed E-state index contributed by atoms with van der Waals surface area (Å²) in [4.78, 5) is 30.2. The number of halogens is 3. The fourth-order valence-electron chi connectivity index (χ4n) is 3.55. The normalized spacial score (nSPS) is 11.6. The number of hydrogen-bond acceptors (Lipinski definition) is 5. The van der Waals surface area contributed by atoms with Gasteiger partial charge in [0.2, 0.25) is 11.6 Å². The number of nitrogens with one attached hydrogen (secondary N) is 1. The van der Waals surface area contributed by atoms with Crippen LogP contribution >= 0.6 is 0 Å². The molecule has 1 amide bonds. The third-order valence-electron chi connectivity index (χ3n) is 5.10. The lowest BCUT2D eigenvalue weighted by Gasteiger charge is -2.09. The number of alkyl halides is 3. The standard InChI is InChI=1S/C24H16F3N5O3/c25-24(26,27)15-7-6-8-16(13-15)28-20(33)14-31-23(34)32-19-12-5-4-11-18(19)29-22(21(32)30-31)35-17-9-2-1-3-10-17/h1-13H,14H2,(H,28,33). The minimum Gasteiger partial charge on any atom is -0.436 e. The summed E-state index contributed by atoms with van der Waals surface area (Å²) >= 11 is 0. The number of fused-ring (bicyclic) bond motifs is 3. The maximum absolute atomic E-state index is 13.2.